The fourth-order valence-electron chi connectivity index (χ4n) is 3.69. The summed E-state index contributed by atoms with van der Waals surface area (Å²) in [6, 6.07) is 11.0. The van der Waals surface area contributed by atoms with Crippen molar-refractivity contribution in [2.75, 3.05) is 18.2 Å². The number of hydrogen-bond acceptors (Lipinski definition) is 9. The third kappa shape index (κ3) is 7.48. The molecule has 1 aromatic heterocycles. The molecule has 2 amide bonds. The van der Waals surface area contributed by atoms with E-state index in [9.17, 15) is 27.9 Å². The van der Waals surface area contributed by atoms with Crippen LogP contribution in [0.5, 0.6) is 0 Å². The predicted octanol–water partition coefficient (Wildman–Crippen LogP) is 2.15. The van der Waals surface area contributed by atoms with Gasteiger partial charge in [0, 0.05) is 34.8 Å². The van der Waals surface area contributed by atoms with E-state index in [1.54, 1.807) is 24.3 Å². The van der Waals surface area contributed by atoms with Crippen LogP contribution in [0.2, 0.25) is 0 Å². The highest BCUT2D eigenvalue weighted by Gasteiger charge is 2.25. The SMILES string of the molecule is CC(C)C(CO)NC(=O)c1ccc(-c2cnccc2C(=O)Nc2ccc(C(=N)N)cc2)c(C(=O)OS(C)(=O)=O)c1. The number of carbonyl (C=O) groups is 3. The first kappa shape index (κ1) is 29.9. The number of nitrogens with zero attached hydrogens (tertiary/aromatic N) is 1. The Labute approximate surface area is 231 Å². The Hall–Kier alpha value is -4.62. The first-order valence-electron chi connectivity index (χ1n) is 12.0. The molecule has 0 saturated heterocycles. The molecule has 0 aliphatic rings. The number of carbonyl (C=O) groups excluding carboxylic acids is 3. The van der Waals surface area contributed by atoms with E-state index >= 15 is 0 Å². The molecule has 2 aromatic carbocycles. The van der Waals surface area contributed by atoms with Gasteiger partial charge in [-0.25, -0.2) is 4.79 Å². The summed E-state index contributed by atoms with van der Waals surface area (Å²) in [5.74, 6) is -2.65. The Bertz CT molecular complexity index is 1550. The minimum absolute atomic E-state index is 0.00348. The number of nitrogens with two attached hydrogens (primary N) is 1. The maximum atomic E-state index is 13.2. The normalized spacial score (nSPS) is 11.9. The molecule has 0 radical (unpaired) electrons. The molecule has 1 heterocycles. The summed E-state index contributed by atoms with van der Waals surface area (Å²) in [7, 11) is -4.22. The fraction of sp³-hybridized carbons (Fsp3) is 0.222. The Balaban J connectivity index is 2.05. The zero-order valence-corrected chi connectivity index (χ0v) is 22.8. The van der Waals surface area contributed by atoms with Crippen molar-refractivity contribution in [2.45, 2.75) is 19.9 Å². The maximum Gasteiger partial charge on any atom is 0.354 e. The monoisotopic (exact) mass is 567 g/mol. The van der Waals surface area contributed by atoms with Gasteiger partial charge in [-0.2, -0.15) is 8.42 Å². The van der Waals surface area contributed by atoms with Crippen LogP contribution in [-0.2, 0) is 14.3 Å². The zero-order chi connectivity index (χ0) is 29.6. The molecule has 6 N–H and O–H groups in total. The standard InChI is InChI=1S/C27H29N5O7S/c1-15(2)23(14-33)32-25(34)17-6-9-19(21(12-17)27(36)39-40(3,37)38)22-13-30-11-10-20(22)26(35)31-18-7-4-16(5-8-18)24(28)29/h4-13,15,23,33H,14H2,1-3H3,(H3,28,29)(H,31,35)(H,32,34). The van der Waals surface area contributed by atoms with Crippen LogP contribution < -0.4 is 16.4 Å². The number of hydrogen-bond donors (Lipinski definition) is 5. The van der Waals surface area contributed by atoms with Crippen molar-refractivity contribution in [3.05, 3.63) is 83.2 Å². The van der Waals surface area contributed by atoms with Gasteiger partial charge in [0.2, 0.25) is 0 Å². The summed E-state index contributed by atoms with van der Waals surface area (Å²) in [5, 5.41) is 22.4. The third-order valence-electron chi connectivity index (χ3n) is 5.86. The smallest absolute Gasteiger partial charge is 0.354 e. The highest BCUT2D eigenvalue weighted by molar-refractivity contribution is 7.86. The van der Waals surface area contributed by atoms with Crippen LogP contribution in [0.1, 0.15) is 50.5 Å². The second-order valence-electron chi connectivity index (χ2n) is 9.21. The van der Waals surface area contributed by atoms with Crippen LogP contribution in [0.25, 0.3) is 11.1 Å². The highest BCUT2D eigenvalue weighted by atomic mass is 32.2. The molecule has 1 unspecified atom stereocenters. The van der Waals surface area contributed by atoms with Gasteiger partial charge in [-0.15, -0.1) is 0 Å². The summed E-state index contributed by atoms with van der Waals surface area (Å²) < 4.78 is 28.1. The maximum absolute atomic E-state index is 13.2. The number of aromatic nitrogens is 1. The molecule has 3 aromatic rings. The lowest BCUT2D eigenvalue weighted by atomic mass is 9.94. The summed E-state index contributed by atoms with van der Waals surface area (Å²) in [6.45, 7) is 3.31. The summed E-state index contributed by atoms with van der Waals surface area (Å²) in [4.78, 5) is 43.1. The number of pyridine rings is 1. The summed E-state index contributed by atoms with van der Waals surface area (Å²) in [6.07, 6.45) is 3.39. The average Bonchev–Trinajstić information content (AvgIpc) is 2.90. The average molecular weight is 568 g/mol. The van der Waals surface area contributed by atoms with E-state index in [2.05, 4.69) is 19.8 Å². The van der Waals surface area contributed by atoms with Crippen molar-refractivity contribution < 1.29 is 32.1 Å². The van der Waals surface area contributed by atoms with Crippen LogP contribution in [-0.4, -0.2) is 61.0 Å². The minimum atomic E-state index is -4.22. The topological polar surface area (TPSA) is 202 Å². The number of benzene rings is 2. The van der Waals surface area contributed by atoms with Crippen molar-refractivity contribution in [2.24, 2.45) is 11.7 Å². The summed E-state index contributed by atoms with van der Waals surface area (Å²) >= 11 is 0. The molecular weight excluding hydrogens is 538 g/mol. The van der Waals surface area contributed by atoms with Crippen molar-refractivity contribution in [1.82, 2.24) is 10.3 Å². The van der Waals surface area contributed by atoms with Gasteiger partial charge in [0.15, 0.2) is 0 Å². The Morgan fingerprint density at radius 2 is 1.65 bits per heavy atom. The van der Waals surface area contributed by atoms with Gasteiger partial charge >= 0.3 is 16.1 Å². The van der Waals surface area contributed by atoms with Crippen molar-refractivity contribution in [1.29, 1.82) is 5.41 Å². The van der Waals surface area contributed by atoms with E-state index in [0.29, 0.717) is 17.5 Å². The molecule has 0 aliphatic carbocycles. The number of aliphatic hydroxyl groups excluding tert-OH is 1. The Kier molecular flexibility index (Phi) is 9.35. The van der Waals surface area contributed by atoms with E-state index in [1.165, 1.54) is 30.6 Å². The molecule has 12 nitrogen and oxygen atoms in total. The largest absolute Gasteiger partial charge is 0.394 e. The fourth-order valence-corrected chi connectivity index (χ4v) is 4.05. The Morgan fingerprint density at radius 3 is 2.23 bits per heavy atom. The second kappa shape index (κ2) is 12.5. The zero-order valence-electron chi connectivity index (χ0n) is 22.0. The molecule has 0 spiro atoms. The lowest BCUT2D eigenvalue weighted by Crippen LogP contribution is -2.41. The van der Waals surface area contributed by atoms with Gasteiger partial charge in [0.05, 0.1) is 30.0 Å². The number of nitrogen functional groups attached to an aromatic ring is 1. The molecule has 13 heteroatoms. The van der Waals surface area contributed by atoms with Crippen LogP contribution >= 0.6 is 0 Å². The lowest BCUT2D eigenvalue weighted by molar-refractivity contribution is 0.0748. The third-order valence-corrected chi connectivity index (χ3v) is 6.31. The number of amidine groups is 1. The quantitative estimate of drug-likeness (QED) is 0.138. The predicted molar refractivity (Wildman–Crippen MR) is 149 cm³/mol. The van der Waals surface area contributed by atoms with Gasteiger partial charge < -0.3 is 25.7 Å². The van der Waals surface area contributed by atoms with Gasteiger partial charge in [-0.1, -0.05) is 19.9 Å². The number of amides is 2. The van der Waals surface area contributed by atoms with E-state index < -0.39 is 33.9 Å². The van der Waals surface area contributed by atoms with Crippen LogP contribution in [0.15, 0.2) is 60.9 Å². The van der Waals surface area contributed by atoms with E-state index in [-0.39, 0.29) is 46.2 Å². The van der Waals surface area contributed by atoms with Crippen molar-refractivity contribution >= 4 is 39.4 Å². The lowest BCUT2D eigenvalue weighted by Gasteiger charge is -2.20. The van der Waals surface area contributed by atoms with Crippen LogP contribution in [0.4, 0.5) is 5.69 Å². The van der Waals surface area contributed by atoms with E-state index in [0.717, 1.165) is 6.07 Å². The molecular formula is C27H29N5O7S. The molecule has 1 atom stereocenters. The summed E-state index contributed by atoms with van der Waals surface area (Å²) in [5.41, 5.74) is 6.41. The molecule has 0 aliphatic heterocycles. The molecule has 0 saturated carbocycles. The van der Waals surface area contributed by atoms with Crippen molar-refractivity contribution in [3.8, 4) is 11.1 Å². The van der Waals surface area contributed by atoms with Gasteiger partial charge in [0.1, 0.15) is 5.84 Å². The molecule has 3 rings (SSSR count). The number of rotatable bonds is 10. The number of aliphatic hydroxyl groups is 1. The molecule has 40 heavy (non-hydrogen) atoms. The van der Waals surface area contributed by atoms with Gasteiger partial charge in [-0.3, -0.25) is 20.0 Å². The van der Waals surface area contributed by atoms with Crippen LogP contribution in [0, 0.1) is 11.3 Å². The van der Waals surface area contributed by atoms with Crippen molar-refractivity contribution in [3.63, 3.8) is 0 Å². The number of anilines is 1. The van der Waals surface area contributed by atoms with Crippen LogP contribution in [0.3, 0.4) is 0 Å². The number of nitrogens with one attached hydrogen (secondary N) is 3. The highest BCUT2D eigenvalue weighted by Crippen LogP contribution is 2.29. The second-order valence-corrected chi connectivity index (χ2v) is 10.8. The molecule has 0 fully saturated rings. The Morgan fingerprint density at radius 1 is 1.00 bits per heavy atom. The first-order valence-corrected chi connectivity index (χ1v) is 13.8. The van der Waals surface area contributed by atoms with E-state index in [1.807, 2.05) is 13.8 Å². The van der Waals surface area contributed by atoms with Gasteiger partial charge in [-0.05, 0) is 53.9 Å². The molecule has 210 valence electrons. The van der Waals surface area contributed by atoms with E-state index in [4.69, 9.17) is 11.1 Å². The first-order chi connectivity index (χ1) is 18.8. The minimum Gasteiger partial charge on any atom is -0.394 e. The molecule has 0 bridgehead atoms. The van der Waals surface area contributed by atoms with Gasteiger partial charge in [0.25, 0.3) is 11.8 Å².